The molecular weight excluding hydrogens is 380 g/mol. The molecule has 1 N–H and O–H groups in total. The molecular formula is C25H34O5. The molecule has 0 saturated heterocycles. The lowest BCUT2D eigenvalue weighted by molar-refractivity contribution is -0.164. The van der Waals surface area contributed by atoms with Gasteiger partial charge in [0.2, 0.25) is 0 Å². The van der Waals surface area contributed by atoms with Gasteiger partial charge in [-0.3, -0.25) is 4.79 Å². The topological polar surface area (TPSA) is 76.7 Å². The normalized spacial score (nSPS) is 31.6. The van der Waals surface area contributed by atoms with Crippen molar-refractivity contribution in [1.82, 2.24) is 0 Å². The summed E-state index contributed by atoms with van der Waals surface area (Å²) in [5, 5.41) is 10.5. The number of aryl methyl sites for hydroxylation is 1. The number of rotatable bonds is 7. The van der Waals surface area contributed by atoms with Gasteiger partial charge >= 0.3 is 11.9 Å². The van der Waals surface area contributed by atoms with Crippen molar-refractivity contribution in [1.29, 1.82) is 0 Å². The predicted molar refractivity (Wildman–Crippen MR) is 115 cm³/mol. The third-order valence-corrected chi connectivity index (χ3v) is 7.94. The second-order valence-corrected chi connectivity index (χ2v) is 9.26. The Morgan fingerprint density at radius 3 is 2.77 bits per heavy atom. The predicted octanol–water partition coefficient (Wildman–Crippen LogP) is 5.57. The first-order valence-electron chi connectivity index (χ1n) is 11.0. The number of furan rings is 1. The monoisotopic (exact) mass is 414 g/mol. The van der Waals surface area contributed by atoms with Crippen molar-refractivity contribution < 1.29 is 23.8 Å². The standard InChI is InChI=1S/C25H34O5/c1-5-17(2)22(26)30-16-20-7-6-8-21-24(4,12-10-19-11-14-29-15-19)18(3)9-13-25(20,21)23(27)28/h5,7,11,14-15,18,21H,6,8-10,12-13,16H2,1-4H3,(H,27,28)/t18-,21+,24-,25-/m1/s1. The van der Waals surface area contributed by atoms with Crippen LogP contribution in [0.1, 0.15) is 65.4 Å². The van der Waals surface area contributed by atoms with Crippen LogP contribution in [0.15, 0.2) is 46.3 Å². The number of carboxylic acids is 1. The molecule has 5 nitrogen and oxygen atoms in total. The Morgan fingerprint density at radius 2 is 2.13 bits per heavy atom. The molecule has 1 aromatic rings. The fraction of sp³-hybridized carbons (Fsp3) is 0.600. The van der Waals surface area contributed by atoms with E-state index in [1.54, 1.807) is 32.4 Å². The lowest BCUT2D eigenvalue weighted by Gasteiger charge is -2.57. The highest BCUT2D eigenvalue weighted by Gasteiger charge is 2.60. The van der Waals surface area contributed by atoms with Gasteiger partial charge in [0.05, 0.1) is 17.9 Å². The number of aliphatic carboxylic acids is 1. The van der Waals surface area contributed by atoms with Crippen LogP contribution >= 0.6 is 0 Å². The number of allylic oxidation sites excluding steroid dienone is 2. The molecule has 2 aliphatic carbocycles. The van der Waals surface area contributed by atoms with Crippen LogP contribution in [-0.4, -0.2) is 23.7 Å². The number of hydrogen-bond donors (Lipinski definition) is 1. The Morgan fingerprint density at radius 1 is 1.37 bits per heavy atom. The third-order valence-electron chi connectivity index (χ3n) is 7.94. The summed E-state index contributed by atoms with van der Waals surface area (Å²) in [5.74, 6) is -0.722. The fourth-order valence-corrected chi connectivity index (χ4v) is 5.65. The minimum Gasteiger partial charge on any atom is -0.481 e. The van der Waals surface area contributed by atoms with Crippen LogP contribution in [0.3, 0.4) is 0 Å². The van der Waals surface area contributed by atoms with Crippen LogP contribution in [-0.2, 0) is 20.7 Å². The van der Waals surface area contributed by atoms with E-state index in [0.29, 0.717) is 17.9 Å². The molecule has 2 aliphatic rings. The quantitative estimate of drug-likeness (QED) is 0.359. The molecule has 0 radical (unpaired) electrons. The van der Waals surface area contributed by atoms with Gasteiger partial charge < -0.3 is 14.3 Å². The maximum absolute atomic E-state index is 12.8. The van der Waals surface area contributed by atoms with Gasteiger partial charge in [-0.05, 0) is 86.8 Å². The van der Waals surface area contributed by atoms with Crippen molar-refractivity contribution >= 4 is 11.9 Å². The van der Waals surface area contributed by atoms with Gasteiger partial charge in [0.1, 0.15) is 6.61 Å². The van der Waals surface area contributed by atoms with E-state index in [1.165, 1.54) is 0 Å². The van der Waals surface area contributed by atoms with E-state index in [0.717, 1.165) is 43.2 Å². The van der Waals surface area contributed by atoms with E-state index in [1.807, 2.05) is 12.1 Å². The molecule has 30 heavy (non-hydrogen) atoms. The van der Waals surface area contributed by atoms with Crippen LogP contribution in [0.5, 0.6) is 0 Å². The number of fused-ring (bicyclic) bond motifs is 1. The summed E-state index contributed by atoms with van der Waals surface area (Å²) < 4.78 is 10.7. The zero-order chi connectivity index (χ0) is 21.9. The number of esters is 1. The third kappa shape index (κ3) is 3.86. The molecule has 1 heterocycles. The number of carboxylic acid groups (broad SMARTS) is 1. The lowest BCUT2D eigenvalue weighted by atomic mass is 9.46. The lowest BCUT2D eigenvalue weighted by Crippen LogP contribution is -2.55. The first-order chi connectivity index (χ1) is 14.3. The van der Waals surface area contributed by atoms with E-state index in [-0.39, 0.29) is 23.9 Å². The minimum absolute atomic E-state index is 0.0136. The van der Waals surface area contributed by atoms with Gasteiger partial charge in [-0.25, -0.2) is 4.79 Å². The molecule has 5 heteroatoms. The molecule has 0 aromatic carbocycles. The second kappa shape index (κ2) is 8.83. The van der Waals surface area contributed by atoms with Crippen LogP contribution in [0, 0.1) is 22.7 Å². The number of carbonyl (C=O) groups excluding carboxylic acids is 1. The van der Waals surface area contributed by atoms with E-state index in [9.17, 15) is 14.7 Å². The highest BCUT2D eigenvalue weighted by Crippen LogP contribution is 2.62. The van der Waals surface area contributed by atoms with Crippen LogP contribution in [0.25, 0.3) is 0 Å². The summed E-state index contributed by atoms with van der Waals surface area (Å²) >= 11 is 0. The molecule has 0 unspecified atom stereocenters. The van der Waals surface area contributed by atoms with Crippen LogP contribution < -0.4 is 0 Å². The zero-order valence-electron chi connectivity index (χ0n) is 18.6. The number of carbonyl (C=O) groups is 2. The Bertz CT molecular complexity index is 834. The van der Waals surface area contributed by atoms with Crippen LogP contribution in [0.2, 0.25) is 0 Å². The Balaban J connectivity index is 1.89. The highest BCUT2D eigenvalue weighted by atomic mass is 16.5. The summed E-state index contributed by atoms with van der Waals surface area (Å²) in [6, 6.07) is 1.98. The first-order valence-corrected chi connectivity index (χ1v) is 11.0. The van der Waals surface area contributed by atoms with Gasteiger partial charge in [0.25, 0.3) is 0 Å². The maximum Gasteiger partial charge on any atom is 0.333 e. The second-order valence-electron chi connectivity index (χ2n) is 9.26. The summed E-state index contributed by atoms with van der Waals surface area (Å²) in [5.41, 5.74) is 1.38. The Hall–Kier alpha value is -2.30. The molecule has 1 fully saturated rings. The molecule has 3 rings (SSSR count). The fourth-order valence-electron chi connectivity index (χ4n) is 5.65. The molecule has 4 atom stereocenters. The number of ether oxygens (including phenoxy) is 1. The smallest absolute Gasteiger partial charge is 0.333 e. The molecule has 0 amide bonds. The minimum atomic E-state index is -0.958. The van der Waals surface area contributed by atoms with Crippen molar-refractivity contribution in [3.8, 4) is 0 Å². The van der Waals surface area contributed by atoms with Crippen molar-refractivity contribution in [2.24, 2.45) is 22.7 Å². The Kier molecular flexibility index (Phi) is 6.59. The molecule has 0 bridgehead atoms. The SMILES string of the molecule is CC=C(C)C(=O)OCC1=CCC[C@@H]2[C@@]1(C(=O)O)CC[C@@H](C)[C@@]2(C)CCc1ccoc1. The summed E-state index contributed by atoms with van der Waals surface area (Å²) in [6.45, 7) is 8.08. The Labute approximate surface area is 179 Å². The van der Waals surface area contributed by atoms with Gasteiger partial charge in [0.15, 0.2) is 0 Å². The van der Waals surface area contributed by atoms with Gasteiger partial charge in [-0.2, -0.15) is 0 Å². The van der Waals surface area contributed by atoms with Crippen molar-refractivity contribution in [3.63, 3.8) is 0 Å². The zero-order valence-corrected chi connectivity index (χ0v) is 18.6. The van der Waals surface area contributed by atoms with Crippen molar-refractivity contribution in [2.75, 3.05) is 6.61 Å². The average molecular weight is 415 g/mol. The first kappa shape index (κ1) is 22.4. The summed E-state index contributed by atoms with van der Waals surface area (Å²) in [4.78, 5) is 25.0. The highest BCUT2D eigenvalue weighted by molar-refractivity contribution is 5.88. The van der Waals surface area contributed by atoms with E-state index in [2.05, 4.69) is 13.8 Å². The van der Waals surface area contributed by atoms with Gasteiger partial charge in [-0.15, -0.1) is 0 Å². The molecule has 1 aromatic heterocycles. The molecule has 0 aliphatic heterocycles. The van der Waals surface area contributed by atoms with E-state index in [4.69, 9.17) is 9.15 Å². The van der Waals surface area contributed by atoms with E-state index >= 15 is 0 Å². The number of hydrogen-bond acceptors (Lipinski definition) is 4. The van der Waals surface area contributed by atoms with Gasteiger partial charge in [-0.1, -0.05) is 26.0 Å². The van der Waals surface area contributed by atoms with Crippen molar-refractivity contribution in [2.45, 2.75) is 66.2 Å². The van der Waals surface area contributed by atoms with E-state index < -0.39 is 11.4 Å². The molecule has 0 spiro atoms. The van der Waals surface area contributed by atoms with Gasteiger partial charge in [0, 0.05) is 5.57 Å². The van der Waals surface area contributed by atoms with Crippen molar-refractivity contribution in [3.05, 3.63) is 47.5 Å². The molecule has 164 valence electrons. The molecule has 1 saturated carbocycles. The summed E-state index contributed by atoms with van der Waals surface area (Å²) in [6.07, 6.45) is 12.1. The van der Waals surface area contributed by atoms with Crippen LogP contribution in [0.4, 0.5) is 0 Å². The average Bonchev–Trinajstić information content (AvgIpc) is 3.26. The summed E-state index contributed by atoms with van der Waals surface area (Å²) in [7, 11) is 0. The maximum atomic E-state index is 12.8. The largest absolute Gasteiger partial charge is 0.481 e.